The highest BCUT2D eigenvalue weighted by molar-refractivity contribution is 7.99. The second kappa shape index (κ2) is 5.76. The van der Waals surface area contributed by atoms with Gasteiger partial charge in [0.15, 0.2) is 5.16 Å². The quantitative estimate of drug-likeness (QED) is 0.880. The van der Waals surface area contributed by atoms with Crippen molar-refractivity contribution >= 4 is 18.0 Å². The summed E-state index contributed by atoms with van der Waals surface area (Å²) >= 11 is 0.717. The zero-order chi connectivity index (χ0) is 15.6. The molecule has 1 N–H and O–H groups in total. The fraction of sp³-hybridized carbons (Fsp3) is 0.250. The maximum absolute atomic E-state index is 13.0. The molecule has 0 saturated heterocycles. The molecule has 0 aliphatic rings. The number of hydrogen-bond donors (Lipinski definition) is 1. The first-order valence-electron chi connectivity index (χ1n) is 5.86. The minimum atomic E-state index is -4.60. The topological polar surface area (TPSA) is 67.8 Å². The summed E-state index contributed by atoms with van der Waals surface area (Å²) in [5.41, 5.74) is -1.49. The Morgan fingerprint density at radius 1 is 1.43 bits per heavy atom. The summed E-state index contributed by atoms with van der Waals surface area (Å²) in [5, 5.41) is 6.02. The zero-order valence-electron chi connectivity index (χ0n) is 10.8. The first kappa shape index (κ1) is 15.4. The van der Waals surface area contributed by atoms with Crippen LogP contribution >= 0.6 is 11.8 Å². The molecule has 0 spiro atoms. The third kappa shape index (κ3) is 3.18. The Morgan fingerprint density at radius 3 is 2.71 bits per heavy atom. The van der Waals surface area contributed by atoms with Gasteiger partial charge in [-0.2, -0.15) is 13.2 Å². The van der Waals surface area contributed by atoms with Gasteiger partial charge in [-0.1, -0.05) is 6.07 Å². The van der Waals surface area contributed by atoms with Gasteiger partial charge in [0.1, 0.15) is 6.29 Å². The van der Waals surface area contributed by atoms with Gasteiger partial charge in [0.05, 0.1) is 5.56 Å². The number of alkyl halides is 3. The van der Waals surface area contributed by atoms with Crippen molar-refractivity contribution in [3.63, 3.8) is 0 Å². The second-order valence-corrected chi connectivity index (χ2v) is 5.04. The Morgan fingerprint density at radius 2 is 2.14 bits per heavy atom. The summed E-state index contributed by atoms with van der Waals surface area (Å²) in [6, 6.07) is 3.25. The number of aldehydes is 1. The molecular weight excluding hydrogens is 307 g/mol. The third-order valence-electron chi connectivity index (χ3n) is 2.69. The van der Waals surface area contributed by atoms with Gasteiger partial charge >= 0.3 is 11.9 Å². The number of hydrogen-bond acceptors (Lipinski definition) is 4. The van der Waals surface area contributed by atoms with Crippen LogP contribution in [0.15, 0.2) is 33.0 Å². The molecule has 5 nitrogen and oxygen atoms in total. The average Bonchev–Trinajstić information content (AvgIpc) is 2.78. The zero-order valence-corrected chi connectivity index (χ0v) is 11.6. The fourth-order valence-corrected chi connectivity index (χ4v) is 2.72. The number of aromatic amines is 1. The molecule has 0 aliphatic heterocycles. The highest BCUT2D eigenvalue weighted by Gasteiger charge is 2.34. The smallest absolute Gasteiger partial charge is 0.298 e. The van der Waals surface area contributed by atoms with E-state index in [4.69, 9.17) is 0 Å². The summed E-state index contributed by atoms with van der Waals surface area (Å²) in [7, 11) is 0. The van der Waals surface area contributed by atoms with E-state index in [9.17, 15) is 22.8 Å². The molecule has 2 aromatic rings. The lowest BCUT2D eigenvalue weighted by Gasteiger charge is -2.12. The number of nitrogens with zero attached hydrogens (tertiary/aromatic N) is 2. The van der Waals surface area contributed by atoms with Crippen LogP contribution in [-0.4, -0.2) is 21.1 Å². The fourth-order valence-electron chi connectivity index (χ4n) is 1.69. The molecule has 0 radical (unpaired) electrons. The second-order valence-electron chi connectivity index (χ2n) is 4.03. The van der Waals surface area contributed by atoms with Crippen molar-refractivity contribution in [2.45, 2.75) is 29.7 Å². The lowest BCUT2D eigenvalue weighted by atomic mass is 10.1. The lowest BCUT2D eigenvalue weighted by molar-refractivity contribution is -0.139. The Labute approximate surface area is 121 Å². The lowest BCUT2D eigenvalue weighted by Crippen LogP contribution is -2.16. The van der Waals surface area contributed by atoms with E-state index in [1.165, 1.54) is 16.7 Å². The number of rotatable bonds is 4. The summed E-state index contributed by atoms with van der Waals surface area (Å²) in [5.74, 6) is 0. The molecule has 1 aromatic heterocycles. The number of H-pyrrole nitrogens is 1. The van der Waals surface area contributed by atoms with Crippen molar-refractivity contribution in [1.82, 2.24) is 14.8 Å². The molecule has 0 atom stereocenters. The van der Waals surface area contributed by atoms with E-state index in [1.807, 2.05) is 0 Å². The number of halogens is 3. The molecule has 2 rings (SSSR count). The van der Waals surface area contributed by atoms with E-state index in [1.54, 1.807) is 6.92 Å². The molecule has 112 valence electrons. The highest BCUT2D eigenvalue weighted by Crippen LogP contribution is 2.39. The molecule has 0 unspecified atom stereocenters. The van der Waals surface area contributed by atoms with E-state index in [0.29, 0.717) is 18.0 Å². The van der Waals surface area contributed by atoms with Gasteiger partial charge in [-0.05, 0) is 30.8 Å². The van der Waals surface area contributed by atoms with Crippen molar-refractivity contribution in [3.05, 3.63) is 39.8 Å². The Hall–Kier alpha value is -2.03. The van der Waals surface area contributed by atoms with Gasteiger partial charge in [0, 0.05) is 17.0 Å². The predicted molar refractivity (Wildman–Crippen MR) is 69.5 cm³/mol. The molecule has 9 heteroatoms. The molecular formula is C12H10F3N3O2S. The maximum atomic E-state index is 13.0. The summed E-state index contributed by atoms with van der Waals surface area (Å²) in [6.45, 7) is 1.96. The molecule has 0 fully saturated rings. The standard InChI is InChI=1S/C12H10F3N3O2S/c1-2-18-10(20)16-17-11(18)21-9-4-3-7(6-19)5-8(9)12(13,14)15/h3-6H,2H2,1H3,(H,16,20). The Kier molecular flexibility index (Phi) is 4.21. The van der Waals surface area contributed by atoms with Gasteiger partial charge in [0.25, 0.3) is 0 Å². The Balaban J connectivity index is 2.48. The van der Waals surface area contributed by atoms with Crippen LogP contribution in [0, 0.1) is 0 Å². The third-order valence-corrected chi connectivity index (χ3v) is 3.76. The van der Waals surface area contributed by atoms with E-state index in [0.717, 1.165) is 6.07 Å². The largest absolute Gasteiger partial charge is 0.417 e. The Bertz CT molecular complexity index is 721. The first-order valence-corrected chi connectivity index (χ1v) is 6.68. The highest BCUT2D eigenvalue weighted by atomic mass is 32.2. The SMILES string of the molecule is CCn1c(Sc2ccc(C=O)cc2C(F)(F)F)n[nH]c1=O. The predicted octanol–water partition coefficient (Wildman–Crippen LogP) is 2.57. The van der Waals surface area contributed by atoms with Gasteiger partial charge in [-0.15, -0.1) is 5.10 Å². The summed E-state index contributed by atoms with van der Waals surface area (Å²) < 4.78 is 40.3. The molecule has 0 saturated carbocycles. The van der Waals surface area contributed by atoms with Crippen molar-refractivity contribution in [1.29, 1.82) is 0 Å². The van der Waals surface area contributed by atoms with Crippen molar-refractivity contribution in [3.8, 4) is 0 Å². The molecule has 0 aliphatic carbocycles. The van der Waals surface area contributed by atoms with Crippen LogP contribution in [0.4, 0.5) is 13.2 Å². The first-order chi connectivity index (χ1) is 9.86. The molecule has 1 aromatic carbocycles. The van der Waals surface area contributed by atoms with Crippen molar-refractivity contribution < 1.29 is 18.0 Å². The van der Waals surface area contributed by atoms with Gasteiger partial charge < -0.3 is 0 Å². The number of benzene rings is 1. The van der Waals surface area contributed by atoms with Crippen molar-refractivity contribution in [2.75, 3.05) is 0 Å². The van der Waals surface area contributed by atoms with Crippen LogP contribution in [0.5, 0.6) is 0 Å². The molecule has 0 amide bonds. The monoisotopic (exact) mass is 317 g/mol. The average molecular weight is 317 g/mol. The van der Waals surface area contributed by atoms with E-state index >= 15 is 0 Å². The number of carbonyl (C=O) groups is 1. The summed E-state index contributed by atoms with van der Waals surface area (Å²) in [6.07, 6.45) is -4.25. The summed E-state index contributed by atoms with van der Waals surface area (Å²) in [4.78, 5) is 21.9. The van der Waals surface area contributed by atoms with Crippen LogP contribution in [0.1, 0.15) is 22.8 Å². The maximum Gasteiger partial charge on any atom is 0.417 e. The van der Waals surface area contributed by atoms with Crippen molar-refractivity contribution in [2.24, 2.45) is 0 Å². The minimum absolute atomic E-state index is 0.0680. The molecule has 21 heavy (non-hydrogen) atoms. The minimum Gasteiger partial charge on any atom is -0.298 e. The number of nitrogens with one attached hydrogen (secondary N) is 1. The van der Waals surface area contributed by atoms with E-state index < -0.39 is 17.4 Å². The normalized spacial score (nSPS) is 11.6. The van der Waals surface area contributed by atoms with Gasteiger partial charge in [-0.3, -0.25) is 9.36 Å². The van der Waals surface area contributed by atoms with Crippen LogP contribution in [0.3, 0.4) is 0 Å². The molecule has 1 heterocycles. The van der Waals surface area contributed by atoms with Gasteiger partial charge in [-0.25, -0.2) is 9.89 Å². The number of carbonyl (C=O) groups excluding carboxylic acids is 1. The van der Waals surface area contributed by atoms with Crippen LogP contribution in [0.25, 0.3) is 0 Å². The van der Waals surface area contributed by atoms with Crippen LogP contribution in [0.2, 0.25) is 0 Å². The van der Waals surface area contributed by atoms with E-state index in [2.05, 4.69) is 10.2 Å². The van der Waals surface area contributed by atoms with Gasteiger partial charge in [0.2, 0.25) is 0 Å². The number of aromatic nitrogens is 3. The van der Waals surface area contributed by atoms with E-state index in [-0.39, 0.29) is 22.2 Å². The van der Waals surface area contributed by atoms with Crippen LogP contribution in [-0.2, 0) is 12.7 Å². The van der Waals surface area contributed by atoms with Crippen LogP contribution < -0.4 is 5.69 Å². The molecule has 0 bridgehead atoms.